The van der Waals surface area contributed by atoms with Gasteiger partial charge in [0.1, 0.15) is 4.83 Å². The van der Waals surface area contributed by atoms with Crippen LogP contribution in [0.3, 0.4) is 0 Å². The van der Waals surface area contributed by atoms with Crippen LogP contribution in [-0.4, -0.2) is 30.2 Å². The number of aromatic amines is 1. The van der Waals surface area contributed by atoms with Gasteiger partial charge in [-0.3, -0.25) is 9.36 Å². The van der Waals surface area contributed by atoms with Crippen LogP contribution in [-0.2, 0) is 19.4 Å². The smallest absolute Gasteiger partial charge is 0.262 e. The molecule has 0 atom stereocenters. The SMILES string of the molecule is O=c1c2c3c(sc2ncn1Cc1ccc(-c2ccccc2-c2nn[nH]n2)cc1)CCCC3. The molecule has 0 aliphatic heterocycles. The van der Waals surface area contributed by atoms with E-state index in [4.69, 9.17) is 0 Å². The molecule has 2 aromatic carbocycles. The number of tetrazole rings is 1. The molecule has 0 spiro atoms. The Morgan fingerprint density at radius 2 is 1.81 bits per heavy atom. The Labute approximate surface area is 187 Å². The van der Waals surface area contributed by atoms with Gasteiger partial charge >= 0.3 is 0 Å². The van der Waals surface area contributed by atoms with Gasteiger partial charge in [-0.2, -0.15) is 5.21 Å². The molecule has 0 unspecified atom stereocenters. The first-order chi connectivity index (χ1) is 15.8. The predicted molar refractivity (Wildman–Crippen MR) is 125 cm³/mol. The first-order valence-corrected chi connectivity index (χ1v) is 11.5. The molecule has 0 saturated heterocycles. The van der Waals surface area contributed by atoms with Crippen molar-refractivity contribution in [1.29, 1.82) is 0 Å². The van der Waals surface area contributed by atoms with Gasteiger partial charge in [0.15, 0.2) is 0 Å². The molecule has 7 nitrogen and oxygen atoms in total. The van der Waals surface area contributed by atoms with E-state index in [1.165, 1.54) is 16.9 Å². The van der Waals surface area contributed by atoms with Gasteiger partial charge in [0.05, 0.1) is 18.3 Å². The first-order valence-electron chi connectivity index (χ1n) is 10.7. The molecule has 158 valence electrons. The molecule has 0 amide bonds. The number of nitrogens with one attached hydrogen (secondary N) is 1. The molecule has 1 aliphatic carbocycles. The van der Waals surface area contributed by atoms with E-state index in [2.05, 4.69) is 49.9 Å². The van der Waals surface area contributed by atoms with Gasteiger partial charge in [-0.05, 0) is 53.2 Å². The van der Waals surface area contributed by atoms with Crippen molar-refractivity contribution in [3.8, 4) is 22.5 Å². The highest BCUT2D eigenvalue weighted by Crippen LogP contribution is 2.33. The Morgan fingerprint density at radius 3 is 2.62 bits per heavy atom. The summed E-state index contributed by atoms with van der Waals surface area (Å²) in [5, 5.41) is 15.2. The Balaban J connectivity index is 1.32. The van der Waals surface area contributed by atoms with Crippen LogP contribution in [0.2, 0.25) is 0 Å². The first kappa shape index (κ1) is 19.1. The van der Waals surface area contributed by atoms with E-state index in [1.54, 1.807) is 22.2 Å². The van der Waals surface area contributed by atoms with E-state index in [1.807, 2.05) is 24.3 Å². The molecular formula is C24H20N6OS. The van der Waals surface area contributed by atoms with Gasteiger partial charge in [-0.1, -0.05) is 48.5 Å². The highest BCUT2D eigenvalue weighted by molar-refractivity contribution is 7.18. The molecule has 8 heteroatoms. The summed E-state index contributed by atoms with van der Waals surface area (Å²) in [7, 11) is 0. The number of rotatable bonds is 4. The van der Waals surface area contributed by atoms with Crippen LogP contribution in [0.4, 0.5) is 0 Å². The maximum atomic E-state index is 13.2. The molecule has 5 aromatic rings. The van der Waals surface area contributed by atoms with Gasteiger partial charge in [-0.15, -0.1) is 21.5 Å². The van der Waals surface area contributed by atoms with E-state index in [-0.39, 0.29) is 5.56 Å². The van der Waals surface area contributed by atoms with Gasteiger partial charge in [0, 0.05) is 10.4 Å². The normalized spacial score (nSPS) is 13.4. The van der Waals surface area contributed by atoms with Crippen molar-refractivity contribution in [3.63, 3.8) is 0 Å². The number of hydrogen-bond acceptors (Lipinski definition) is 6. The molecule has 0 fully saturated rings. The third-order valence-electron chi connectivity index (χ3n) is 6.07. The molecular weight excluding hydrogens is 420 g/mol. The number of fused-ring (bicyclic) bond motifs is 3. The van der Waals surface area contributed by atoms with Crippen LogP contribution in [0.1, 0.15) is 28.8 Å². The minimum atomic E-state index is 0.0703. The van der Waals surface area contributed by atoms with Crippen molar-refractivity contribution >= 4 is 21.6 Å². The average molecular weight is 441 g/mol. The zero-order chi connectivity index (χ0) is 21.5. The van der Waals surface area contributed by atoms with Gasteiger partial charge in [0.25, 0.3) is 5.56 Å². The zero-order valence-corrected chi connectivity index (χ0v) is 18.1. The Kier molecular flexibility index (Phi) is 4.65. The van der Waals surface area contributed by atoms with E-state index >= 15 is 0 Å². The Morgan fingerprint density at radius 1 is 1.00 bits per heavy atom. The zero-order valence-electron chi connectivity index (χ0n) is 17.3. The molecule has 32 heavy (non-hydrogen) atoms. The number of benzene rings is 2. The molecule has 0 radical (unpaired) electrons. The fraction of sp³-hybridized carbons (Fsp3) is 0.208. The monoisotopic (exact) mass is 440 g/mol. The van der Waals surface area contributed by atoms with Crippen molar-refractivity contribution in [2.75, 3.05) is 0 Å². The number of thiophene rings is 1. The van der Waals surface area contributed by atoms with Crippen LogP contribution < -0.4 is 5.56 Å². The second-order valence-corrected chi connectivity index (χ2v) is 9.13. The standard InChI is InChI=1S/C24H20N6OS/c31-24-21-19-7-3-4-8-20(19)32-23(21)25-14-30(24)13-15-9-11-16(12-10-15)17-5-1-2-6-18(17)22-26-28-29-27-22/h1-2,5-6,9-12,14H,3-4,7-8,13H2,(H,26,27,28,29). The topological polar surface area (TPSA) is 89.4 Å². The highest BCUT2D eigenvalue weighted by atomic mass is 32.1. The molecule has 3 aromatic heterocycles. The van der Waals surface area contributed by atoms with E-state index in [0.717, 1.165) is 51.7 Å². The quantitative estimate of drug-likeness (QED) is 0.452. The summed E-state index contributed by atoms with van der Waals surface area (Å²) in [6, 6.07) is 16.2. The lowest BCUT2D eigenvalue weighted by Crippen LogP contribution is -2.21. The number of nitrogens with zero attached hydrogens (tertiary/aromatic N) is 5. The van der Waals surface area contributed by atoms with E-state index in [0.29, 0.717) is 12.4 Å². The van der Waals surface area contributed by atoms with Gasteiger partial charge < -0.3 is 0 Å². The van der Waals surface area contributed by atoms with Crippen LogP contribution in [0.5, 0.6) is 0 Å². The summed E-state index contributed by atoms with van der Waals surface area (Å²) < 4.78 is 1.73. The largest absolute Gasteiger partial charge is 0.294 e. The van der Waals surface area contributed by atoms with Crippen molar-refractivity contribution < 1.29 is 0 Å². The van der Waals surface area contributed by atoms with Gasteiger partial charge in [-0.25, -0.2) is 4.98 Å². The molecule has 0 saturated carbocycles. The minimum absolute atomic E-state index is 0.0703. The lowest BCUT2D eigenvalue weighted by molar-refractivity contribution is 0.697. The van der Waals surface area contributed by atoms with Crippen LogP contribution in [0, 0.1) is 0 Å². The molecule has 1 N–H and O–H groups in total. The third kappa shape index (κ3) is 3.23. The summed E-state index contributed by atoms with van der Waals surface area (Å²) in [6.07, 6.45) is 6.11. The fourth-order valence-corrected chi connectivity index (χ4v) is 5.71. The van der Waals surface area contributed by atoms with Gasteiger partial charge in [0.2, 0.25) is 5.82 Å². The number of aromatic nitrogens is 6. The number of aryl methyl sites for hydroxylation is 2. The summed E-state index contributed by atoms with van der Waals surface area (Å²) in [4.78, 5) is 20.1. The van der Waals surface area contributed by atoms with Crippen molar-refractivity contribution in [1.82, 2.24) is 30.2 Å². The minimum Gasteiger partial charge on any atom is -0.294 e. The Hall–Kier alpha value is -3.65. The van der Waals surface area contributed by atoms with Crippen molar-refractivity contribution in [2.45, 2.75) is 32.2 Å². The molecule has 0 bridgehead atoms. The third-order valence-corrected chi connectivity index (χ3v) is 7.27. The summed E-state index contributed by atoms with van der Waals surface area (Å²) in [5.74, 6) is 0.565. The Bertz CT molecular complexity index is 1470. The van der Waals surface area contributed by atoms with E-state index < -0.39 is 0 Å². The van der Waals surface area contributed by atoms with Crippen LogP contribution >= 0.6 is 11.3 Å². The second kappa shape index (κ2) is 7.80. The maximum absolute atomic E-state index is 13.2. The lowest BCUT2D eigenvalue weighted by atomic mass is 9.97. The van der Waals surface area contributed by atoms with E-state index in [9.17, 15) is 4.79 Å². The highest BCUT2D eigenvalue weighted by Gasteiger charge is 2.20. The van der Waals surface area contributed by atoms with Crippen LogP contribution in [0.25, 0.3) is 32.7 Å². The molecule has 3 heterocycles. The molecule has 1 aliphatic rings. The van der Waals surface area contributed by atoms with Crippen molar-refractivity contribution in [2.24, 2.45) is 0 Å². The molecule has 6 rings (SSSR count). The lowest BCUT2D eigenvalue weighted by Gasteiger charge is -2.11. The number of hydrogen-bond donors (Lipinski definition) is 1. The number of H-pyrrole nitrogens is 1. The summed E-state index contributed by atoms with van der Waals surface area (Å²) >= 11 is 1.69. The summed E-state index contributed by atoms with van der Waals surface area (Å²) in [6.45, 7) is 0.499. The average Bonchev–Trinajstić information content (AvgIpc) is 3.50. The fourth-order valence-electron chi connectivity index (χ4n) is 4.49. The summed E-state index contributed by atoms with van der Waals surface area (Å²) in [5.41, 5.74) is 5.37. The second-order valence-electron chi connectivity index (χ2n) is 8.05. The predicted octanol–water partition coefficient (Wildman–Crippen LogP) is 4.23. The van der Waals surface area contributed by atoms with Crippen molar-refractivity contribution in [3.05, 3.63) is 81.2 Å². The maximum Gasteiger partial charge on any atom is 0.262 e. The van der Waals surface area contributed by atoms with Crippen LogP contribution in [0.15, 0.2) is 59.7 Å².